The van der Waals surface area contributed by atoms with Crippen LogP contribution in [0.3, 0.4) is 0 Å². The fourth-order valence-electron chi connectivity index (χ4n) is 3.78. The molecule has 1 unspecified atom stereocenters. The second kappa shape index (κ2) is 9.52. The maximum Gasteiger partial charge on any atom is 0.411 e. The van der Waals surface area contributed by atoms with Gasteiger partial charge in [-0.2, -0.15) is 0 Å². The molecule has 1 aliphatic carbocycles. The standard InChI is InChI=1S/C25H23N3O5/c1-15(24(30)31)12-27-23(29)22-11-10-16(13-26-22)28-25(32)33-14-21-19-8-4-2-6-17(19)18-7-3-5-9-20(18)21/h2-11,13,15,21H,12,14H2,1H3,(H,27,29)(H,28,32)(H,30,31). The molecular weight excluding hydrogens is 422 g/mol. The fraction of sp³-hybridized carbons (Fsp3) is 0.200. The summed E-state index contributed by atoms with van der Waals surface area (Å²) in [6.45, 7) is 1.68. The molecule has 1 aliphatic rings. The zero-order valence-electron chi connectivity index (χ0n) is 17.9. The van der Waals surface area contributed by atoms with Crippen LogP contribution in [0.1, 0.15) is 34.5 Å². The second-order valence-electron chi connectivity index (χ2n) is 7.83. The van der Waals surface area contributed by atoms with Crippen LogP contribution in [0, 0.1) is 5.92 Å². The Hall–Kier alpha value is -4.20. The Kier molecular flexibility index (Phi) is 6.35. The number of ether oxygens (including phenoxy) is 1. The minimum absolute atomic E-state index is 0.00437. The Labute approximate surface area is 190 Å². The van der Waals surface area contributed by atoms with Crippen LogP contribution < -0.4 is 10.6 Å². The summed E-state index contributed by atoms with van der Waals surface area (Å²) >= 11 is 0. The van der Waals surface area contributed by atoms with Crippen molar-refractivity contribution in [2.24, 2.45) is 5.92 Å². The average molecular weight is 445 g/mol. The van der Waals surface area contributed by atoms with Crippen molar-refractivity contribution < 1.29 is 24.2 Å². The highest BCUT2D eigenvalue weighted by atomic mass is 16.5. The van der Waals surface area contributed by atoms with Gasteiger partial charge >= 0.3 is 12.1 Å². The van der Waals surface area contributed by atoms with Gasteiger partial charge in [-0.3, -0.25) is 14.9 Å². The molecule has 0 saturated carbocycles. The molecule has 0 saturated heterocycles. The van der Waals surface area contributed by atoms with Crippen molar-refractivity contribution in [2.75, 3.05) is 18.5 Å². The van der Waals surface area contributed by atoms with E-state index >= 15 is 0 Å². The molecule has 168 valence electrons. The summed E-state index contributed by atoms with van der Waals surface area (Å²) in [7, 11) is 0. The minimum atomic E-state index is -0.995. The Bertz CT molecular complexity index is 1150. The summed E-state index contributed by atoms with van der Waals surface area (Å²) in [5.41, 5.74) is 5.05. The third-order valence-corrected chi connectivity index (χ3v) is 5.58. The van der Waals surface area contributed by atoms with E-state index in [9.17, 15) is 14.4 Å². The Morgan fingerprint density at radius 2 is 1.64 bits per heavy atom. The molecule has 0 radical (unpaired) electrons. The number of nitrogens with zero attached hydrogens (tertiary/aromatic N) is 1. The van der Waals surface area contributed by atoms with Crippen LogP contribution in [-0.2, 0) is 9.53 Å². The molecule has 3 N–H and O–H groups in total. The number of fused-ring (bicyclic) bond motifs is 3. The van der Waals surface area contributed by atoms with Crippen molar-refractivity contribution in [2.45, 2.75) is 12.8 Å². The molecule has 1 atom stereocenters. The molecule has 2 aromatic carbocycles. The maximum absolute atomic E-state index is 12.4. The first kappa shape index (κ1) is 22.0. The lowest BCUT2D eigenvalue weighted by molar-refractivity contribution is -0.140. The van der Waals surface area contributed by atoms with E-state index < -0.39 is 23.9 Å². The van der Waals surface area contributed by atoms with Crippen LogP contribution in [0.2, 0.25) is 0 Å². The number of benzene rings is 2. The summed E-state index contributed by atoms with van der Waals surface area (Å²) in [5, 5.41) is 14.0. The van der Waals surface area contributed by atoms with Crippen molar-refractivity contribution in [3.05, 3.63) is 83.7 Å². The maximum atomic E-state index is 12.4. The number of aliphatic carboxylic acids is 1. The quantitative estimate of drug-likeness (QED) is 0.508. The lowest BCUT2D eigenvalue weighted by atomic mass is 9.98. The molecule has 3 aromatic rings. The van der Waals surface area contributed by atoms with E-state index in [2.05, 4.69) is 27.8 Å². The van der Waals surface area contributed by atoms with E-state index in [-0.39, 0.29) is 24.8 Å². The van der Waals surface area contributed by atoms with Crippen LogP contribution in [-0.4, -0.2) is 41.2 Å². The summed E-state index contributed by atoms with van der Waals surface area (Å²) in [5.74, 6) is -2.23. The number of carbonyl (C=O) groups is 3. The largest absolute Gasteiger partial charge is 0.481 e. The third-order valence-electron chi connectivity index (χ3n) is 5.58. The number of rotatable bonds is 7. The Morgan fingerprint density at radius 3 is 2.21 bits per heavy atom. The van der Waals surface area contributed by atoms with E-state index in [0.29, 0.717) is 5.69 Å². The molecule has 0 fully saturated rings. The molecule has 4 rings (SSSR count). The van der Waals surface area contributed by atoms with E-state index in [0.717, 1.165) is 22.3 Å². The molecule has 0 spiro atoms. The Balaban J connectivity index is 1.33. The highest BCUT2D eigenvalue weighted by molar-refractivity contribution is 5.93. The van der Waals surface area contributed by atoms with Gasteiger partial charge in [0, 0.05) is 12.5 Å². The number of anilines is 1. The van der Waals surface area contributed by atoms with E-state index in [1.165, 1.54) is 25.3 Å². The monoisotopic (exact) mass is 445 g/mol. The number of amides is 2. The zero-order chi connectivity index (χ0) is 23.4. The first-order valence-corrected chi connectivity index (χ1v) is 10.5. The summed E-state index contributed by atoms with van der Waals surface area (Å²) in [6.07, 6.45) is 0.725. The van der Waals surface area contributed by atoms with Crippen molar-refractivity contribution >= 4 is 23.7 Å². The topological polar surface area (TPSA) is 118 Å². The van der Waals surface area contributed by atoms with Crippen molar-refractivity contribution in [3.63, 3.8) is 0 Å². The molecule has 1 aromatic heterocycles. The van der Waals surface area contributed by atoms with Gasteiger partial charge in [0.1, 0.15) is 12.3 Å². The number of pyridine rings is 1. The summed E-state index contributed by atoms with van der Waals surface area (Å²) in [4.78, 5) is 39.3. The predicted octanol–water partition coefficient (Wildman–Crippen LogP) is 3.89. The van der Waals surface area contributed by atoms with Crippen LogP contribution >= 0.6 is 0 Å². The predicted molar refractivity (Wildman–Crippen MR) is 122 cm³/mol. The normalized spacial score (nSPS) is 12.9. The van der Waals surface area contributed by atoms with Gasteiger partial charge in [0.15, 0.2) is 0 Å². The second-order valence-corrected chi connectivity index (χ2v) is 7.83. The molecule has 0 aliphatic heterocycles. The van der Waals surface area contributed by atoms with E-state index in [1.54, 1.807) is 0 Å². The van der Waals surface area contributed by atoms with E-state index in [1.807, 2.05) is 36.4 Å². The minimum Gasteiger partial charge on any atom is -0.481 e. The first-order valence-electron chi connectivity index (χ1n) is 10.5. The van der Waals surface area contributed by atoms with Crippen LogP contribution in [0.5, 0.6) is 0 Å². The number of nitrogens with one attached hydrogen (secondary N) is 2. The molecule has 2 amide bonds. The smallest absolute Gasteiger partial charge is 0.411 e. The third kappa shape index (κ3) is 4.85. The van der Waals surface area contributed by atoms with Gasteiger partial charge in [0.25, 0.3) is 5.91 Å². The first-order chi connectivity index (χ1) is 15.9. The Morgan fingerprint density at radius 1 is 1.00 bits per heavy atom. The van der Waals surface area contributed by atoms with Crippen LogP contribution in [0.25, 0.3) is 11.1 Å². The fourth-order valence-corrected chi connectivity index (χ4v) is 3.78. The van der Waals surface area contributed by atoms with Gasteiger partial charge in [0.2, 0.25) is 0 Å². The highest BCUT2D eigenvalue weighted by Gasteiger charge is 2.29. The number of carbonyl (C=O) groups excluding carboxylic acids is 2. The lowest BCUT2D eigenvalue weighted by Crippen LogP contribution is -2.31. The summed E-state index contributed by atoms with van der Waals surface area (Å²) in [6, 6.07) is 19.2. The van der Waals surface area contributed by atoms with Crippen molar-refractivity contribution in [1.29, 1.82) is 0 Å². The highest BCUT2D eigenvalue weighted by Crippen LogP contribution is 2.44. The van der Waals surface area contributed by atoms with Crippen molar-refractivity contribution in [3.8, 4) is 11.1 Å². The van der Waals surface area contributed by atoms with E-state index in [4.69, 9.17) is 9.84 Å². The average Bonchev–Trinajstić information content (AvgIpc) is 3.15. The number of aromatic nitrogens is 1. The molecule has 1 heterocycles. The van der Waals surface area contributed by atoms with Gasteiger partial charge in [-0.1, -0.05) is 55.5 Å². The van der Waals surface area contributed by atoms with Crippen LogP contribution in [0.4, 0.5) is 10.5 Å². The molecule has 0 bridgehead atoms. The number of hydrogen-bond donors (Lipinski definition) is 3. The number of carboxylic acid groups (broad SMARTS) is 1. The molecule has 33 heavy (non-hydrogen) atoms. The molecule has 8 heteroatoms. The van der Waals surface area contributed by atoms with Gasteiger partial charge in [-0.05, 0) is 34.4 Å². The van der Waals surface area contributed by atoms with Gasteiger partial charge in [0.05, 0.1) is 17.8 Å². The summed E-state index contributed by atoms with van der Waals surface area (Å²) < 4.78 is 5.50. The molecular formula is C25H23N3O5. The van der Waals surface area contributed by atoms with Crippen LogP contribution in [0.15, 0.2) is 66.9 Å². The van der Waals surface area contributed by atoms with Gasteiger partial charge < -0.3 is 15.2 Å². The SMILES string of the molecule is CC(CNC(=O)c1ccc(NC(=O)OCC2c3ccccc3-c3ccccc32)cn1)C(=O)O. The van der Waals surface area contributed by atoms with Crippen molar-refractivity contribution in [1.82, 2.24) is 10.3 Å². The molecule has 8 nitrogen and oxygen atoms in total. The number of hydrogen-bond acceptors (Lipinski definition) is 5. The van der Waals surface area contributed by atoms with Gasteiger partial charge in [-0.25, -0.2) is 9.78 Å². The number of carboxylic acids is 1. The lowest BCUT2D eigenvalue weighted by Gasteiger charge is -2.14. The zero-order valence-corrected chi connectivity index (χ0v) is 17.9. The van der Waals surface area contributed by atoms with Gasteiger partial charge in [-0.15, -0.1) is 0 Å².